The number of anilines is 1. The number of carbonyl (C=O) groups is 1. The van der Waals surface area contributed by atoms with Gasteiger partial charge in [-0.1, -0.05) is 24.3 Å². The molecule has 0 saturated carbocycles. The number of benzene rings is 3. The van der Waals surface area contributed by atoms with E-state index < -0.39 is 0 Å². The third kappa shape index (κ3) is 5.21. The van der Waals surface area contributed by atoms with Crippen LogP contribution in [0.4, 0.5) is 10.5 Å². The van der Waals surface area contributed by atoms with E-state index in [0.717, 1.165) is 72.7 Å². The number of amides is 1. The number of rotatable bonds is 6. The lowest BCUT2D eigenvalue weighted by Crippen LogP contribution is -2.30. The van der Waals surface area contributed by atoms with Gasteiger partial charge in [0, 0.05) is 26.2 Å². The average Bonchev–Trinajstić information content (AvgIpc) is 3.60. The molecular formula is C29H32N2O4. The van der Waals surface area contributed by atoms with Gasteiger partial charge >= 0.3 is 6.09 Å². The van der Waals surface area contributed by atoms with Gasteiger partial charge < -0.3 is 24.4 Å². The van der Waals surface area contributed by atoms with Crippen LogP contribution in [0.1, 0.15) is 36.8 Å². The minimum absolute atomic E-state index is 0.218. The maximum absolute atomic E-state index is 12.3. The molecule has 2 fully saturated rings. The van der Waals surface area contributed by atoms with Gasteiger partial charge in [-0.25, -0.2) is 4.79 Å². The highest BCUT2D eigenvalue weighted by atomic mass is 16.6. The van der Waals surface area contributed by atoms with E-state index in [1.807, 2.05) is 30.3 Å². The molecule has 0 spiro atoms. The summed E-state index contributed by atoms with van der Waals surface area (Å²) in [5, 5.41) is 10.2. The summed E-state index contributed by atoms with van der Waals surface area (Å²) in [4.78, 5) is 16.4. The molecule has 0 aromatic heterocycles. The molecule has 2 aliphatic heterocycles. The summed E-state index contributed by atoms with van der Waals surface area (Å²) in [6, 6.07) is 19.4. The highest BCUT2D eigenvalue weighted by Crippen LogP contribution is 2.35. The summed E-state index contributed by atoms with van der Waals surface area (Å²) in [6.45, 7) is 3.66. The Morgan fingerprint density at radius 1 is 0.886 bits per heavy atom. The van der Waals surface area contributed by atoms with Crippen LogP contribution in [0.2, 0.25) is 0 Å². The molecule has 1 N–H and O–H groups in total. The number of phenolic OH excluding ortho intramolecular Hbond substituents is 1. The van der Waals surface area contributed by atoms with Gasteiger partial charge in [0.2, 0.25) is 0 Å². The van der Waals surface area contributed by atoms with Crippen molar-refractivity contribution >= 4 is 11.8 Å². The minimum atomic E-state index is -0.292. The molecule has 3 aromatic rings. The lowest BCUT2D eigenvalue weighted by Gasteiger charge is -2.21. The van der Waals surface area contributed by atoms with Gasteiger partial charge in [0.25, 0.3) is 0 Å². The standard InChI is InChI=1S/C29H32N2O4/c1-34-28-19-21(6-13-27(28)30-14-2-3-15-30)18-23-7-10-24(32)20-26(23)22-8-11-25(12-9-22)35-29(33)31-16-4-5-17-31/h6-13,19-20,32H,2-5,14-18H2,1H3. The Morgan fingerprint density at radius 2 is 1.60 bits per heavy atom. The van der Waals surface area contributed by atoms with Gasteiger partial charge in [-0.05, 0) is 90.8 Å². The van der Waals surface area contributed by atoms with Crippen LogP contribution in [-0.2, 0) is 6.42 Å². The van der Waals surface area contributed by atoms with Crippen LogP contribution in [0, 0.1) is 0 Å². The van der Waals surface area contributed by atoms with Crippen LogP contribution in [-0.4, -0.2) is 49.4 Å². The number of ether oxygens (including phenoxy) is 2. The summed E-state index contributed by atoms with van der Waals surface area (Å²) < 4.78 is 11.3. The van der Waals surface area contributed by atoms with Gasteiger partial charge in [-0.3, -0.25) is 0 Å². The lowest BCUT2D eigenvalue weighted by atomic mass is 9.94. The Bertz CT molecular complexity index is 1180. The second kappa shape index (κ2) is 10.3. The summed E-state index contributed by atoms with van der Waals surface area (Å²) in [7, 11) is 1.72. The van der Waals surface area contributed by atoms with E-state index >= 15 is 0 Å². The Kier molecular flexibility index (Phi) is 6.80. The molecule has 0 atom stereocenters. The average molecular weight is 473 g/mol. The third-order valence-corrected chi connectivity index (χ3v) is 6.91. The number of phenols is 1. The summed E-state index contributed by atoms with van der Waals surface area (Å²) in [6.07, 6.45) is 4.91. The van der Waals surface area contributed by atoms with Crippen molar-refractivity contribution in [2.45, 2.75) is 32.1 Å². The first-order valence-corrected chi connectivity index (χ1v) is 12.4. The number of hydrogen-bond donors (Lipinski definition) is 1. The summed E-state index contributed by atoms with van der Waals surface area (Å²) >= 11 is 0. The van der Waals surface area contributed by atoms with Crippen molar-refractivity contribution in [2.24, 2.45) is 0 Å². The fraction of sp³-hybridized carbons (Fsp3) is 0.345. The van der Waals surface area contributed by atoms with Crippen LogP contribution < -0.4 is 14.4 Å². The fourth-order valence-corrected chi connectivity index (χ4v) is 5.03. The quantitative estimate of drug-likeness (QED) is 0.487. The van der Waals surface area contributed by atoms with Crippen molar-refractivity contribution in [2.75, 3.05) is 38.2 Å². The molecule has 6 nitrogen and oxygen atoms in total. The molecule has 0 unspecified atom stereocenters. The van der Waals surface area contributed by atoms with E-state index in [9.17, 15) is 9.90 Å². The second-order valence-electron chi connectivity index (χ2n) is 9.31. The summed E-state index contributed by atoms with van der Waals surface area (Å²) in [5.74, 6) is 1.64. The molecule has 6 heteroatoms. The molecule has 182 valence electrons. The van der Waals surface area contributed by atoms with E-state index in [0.29, 0.717) is 12.2 Å². The van der Waals surface area contributed by atoms with Crippen molar-refractivity contribution in [3.63, 3.8) is 0 Å². The Hall–Kier alpha value is -3.67. The van der Waals surface area contributed by atoms with Crippen molar-refractivity contribution in [3.8, 4) is 28.4 Å². The van der Waals surface area contributed by atoms with Crippen LogP contribution >= 0.6 is 0 Å². The Labute approximate surface area is 206 Å². The molecule has 3 aromatic carbocycles. The third-order valence-electron chi connectivity index (χ3n) is 6.91. The topological polar surface area (TPSA) is 62.2 Å². The molecule has 2 heterocycles. The maximum atomic E-state index is 12.3. The Balaban J connectivity index is 1.36. The molecular weight excluding hydrogens is 440 g/mol. The molecule has 0 bridgehead atoms. The van der Waals surface area contributed by atoms with E-state index in [-0.39, 0.29) is 11.8 Å². The van der Waals surface area contributed by atoms with E-state index in [2.05, 4.69) is 23.1 Å². The molecule has 35 heavy (non-hydrogen) atoms. The monoisotopic (exact) mass is 472 g/mol. The zero-order valence-corrected chi connectivity index (χ0v) is 20.2. The molecule has 0 aliphatic carbocycles. The van der Waals surface area contributed by atoms with E-state index in [1.54, 1.807) is 24.1 Å². The second-order valence-corrected chi connectivity index (χ2v) is 9.31. The van der Waals surface area contributed by atoms with Crippen molar-refractivity contribution < 1.29 is 19.4 Å². The normalized spacial score (nSPS) is 15.5. The predicted molar refractivity (Wildman–Crippen MR) is 138 cm³/mol. The summed E-state index contributed by atoms with van der Waals surface area (Å²) in [5.41, 5.74) is 5.30. The SMILES string of the molecule is COc1cc(Cc2ccc(O)cc2-c2ccc(OC(=O)N3CCCC3)cc2)ccc1N1CCCC1. The Morgan fingerprint density at radius 3 is 2.31 bits per heavy atom. The number of carbonyl (C=O) groups excluding carboxylic acids is 1. The van der Waals surface area contributed by atoms with E-state index in [1.165, 1.54) is 12.8 Å². The van der Waals surface area contributed by atoms with Gasteiger partial charge in [-0.15, -0.1) is 0 Å². The first kappa shape index (κ1) is 23.1. The number of nitrogens with zero attached hydrogens (tertiary/aromatic N) is 2. The van der Waals surface area contributed by atoms with Gasteiger partial charge in [0.15, 0.2) is 0 Å². The van der Waals surface area contributed by atoms with Crippen molar-refractivity contribution in [1.29, 1.82) is 0 Å². The number of hydrogen-bond acceptors (Lipinski definition) is 5. The molecule has 1 amide bonds. The van der Waals surface area contributed by atoms with Crippen LogP contribution in [0.5, 0.6) is 17.2 Å². The lowest BCUT2D eigenvalue weighted by molar-refractivity contribution is 0.163. The van der Waals surface area contributed by atoms with Crippen LogP contribution in [0.3, 0.4) is 0 Å². The zero-order chi connectivity index (χ0) is 24.2. The molecule has 5 rings (SSSR count). The first-order valence-electron chi connectivity index (χ1n) is 12.4. The largest absolute Gasteiger partial charge is 0.508 e. The molecule has 2 aliphatic rings. The number of likely N-dealkylation sites (tertiary alicyclic amines) is 1. The molecule has 0 radical (unpaired) electrons. The number of methoxy groups -OCH3 is 1. The highest BCUT2D eigenvalue weighted by Gasteiger charge is 2.20. The first-order chi connectivity index (χ1) is 17.1. The van der Waals surface area contributed by atoms with E-state index in [4.69, 9.17) is 9.47 Å². The number of aromatic hydroxyl groups is 1. The maximum Gasteiger partial charge on any atom is 0.415 e. The van der Waals surface area contributed by atoms with Gasteiger partial charge in [-0.2, -0.15) is 0 Å². The van der Waals surface area contributed by atoms with Crippen molar-refractivity contribution in [1.82, 2.24) is 4.90 Å². The van der Waals surface area contributed by atoms with Crippen LogP contribution in [0.25, 0.3) is 11.1 Å². The van der Waals surface area contributed by atoms with Gasteiger partial charge in [0.05, 0.1) is 12.8 Å². The zero-order valence-electron chi connectivity index (χ0n) is 20.2. The molecule has 2 saturated heterocycles. The van der Waals surface area contributed by atoms with Crippen molar-refractivity contribution in [3.05, 3.63) is 71.8 Å². The van der Waals surface area contributed by atoms with Gasteiger partial charge in [0.1, 0.15) is 17.2 Å². The highest BCUT2D eigenvalue weighted by molar-refractivity contribution is 5.73. The smallest absolute Gasteiger partial charge is 0.415 e. The minimum Gasteiger partial charge on any atom is -0.508 e. The van der Waals surface area contributed by atoms with Crippen LogP contribution in [0.15, 0.2) is 60.7 Å². The fourth-order valence-electron chi connectivity index (χ4n) is 5.03. The predicted octanol–water partition coefficient (Wildman–Crippen LogP) is 5.85.